The molecule has 2 N–H and O–H groups in total. The fraction of sp³-hybridized carbons (Fsp3) is 0.545. The van der Waals surface area contributed by atoms with Crippen LogP contribution in [0, 0.1) is 11.5 Å². The molecule has 34 heavy (non-hydrogen) atoms. The minimum atomic E-state index is -1.39. The normalized spacial score (nSPS) is 21.2. The Morgan fingerprint density at radius 2 is 2.21 bits per heavy atom. The molecule has 182 valence electrons. The number of tetrazole rings is 1. The first-order valence-electron chi connectivity index (χ1n) is 10.9. The number of amidine groups is 1. The average molecular weight is 488 g/mol. The van der Waals surface area contributed by atoms with E-state index in [9.17, 15) is 9.90 Å². The second-order valence-corrected chi connectivity index (χ2v) is 9.22. The van der Waals surface area contributed by atoms with E-state index < -0.39 is 17.2 Å². The smallest absolute Gasteiger partial charge is 0.305 e. The lowest BCUT2D eigenvalue weighted by atomic mass is 9.75. The van der Waals surface area contributed by atoms with E-state index in [1.165, 1.54) is 11.8 Å². The van der Waals surface area contributed by atoms with Gasteiger partial charge in [-0.05, 0) is 69.0 Å². The molecule has 0 bridgehead atoms. The molecule has 0 saturated heterocycles. The van der Waals surface area contributed by atoms with Gasteiger partial charge < -0.3 is 14.6 Å². The van der Waals surface area contributed by atoms with Crippen molar-refractivity contribution in [2.75, 3.05) is 12.9 Å². The van der Waals surface area contributed by atoms with Crippen LogP contribution in [0.4, 0.5) is 0 Å². The number of ether oxygens (including phenoxy) is 2. The van der Waals surface area contributed by atoms with Crippen LogP contribution in [-0.2, 0) is 16.1 Å². The molecule has 0 spiro atoms. The number of rotatable bonds is 7. The lowest BCUT2D eigenvalue weighted by Gasteiger charge is -2.48. The van der Waals surface area contributed by atoms with Crippen LogP contribution in [-0.4, -0.2) is 60.5 Å². The summed E-state index contributed by atoms with van der Waals surface area (Å²) in [5.74, 6) is 0.830. The third-order valence-corrected chi connectivity index (χ3v) is 6.46. The lowest BCUT2D eigenvalue weighted by Crippen LogP contribution is -2.58. The van der Waals surface area contributed by atoms with Crippen molar-refractivity contribution in [2.45, 2.75) is 64.3 Å². The molecule has 1 aromatic heterocycles. The molecule has 1 aliphatic rings. The van der Waals surface area contributed by atoms with E-state index >= 15 is 0 Å². The summed E-state index contributed by atoms with van der Waals surface area (Å²) in [5.41, 5.74) is -0.977. The number of fused-ring (bicyclic) bond motifs is 1. The number of hydrogen-bond donors (Lipinski definition) is 2. The van der Waals surface area contributed by atoms with E-state index in [2.05, 4.69) is 25.8 Å². The fourth-order valence-corrected chi connectivity index (χ4v) is 4.03. The van der Waals surface area contributed by atoms with Crippen molar-refractivity contribution in [3.63, 3.8) is 0 Å². The van der Waals surface area contributed by atoms with Gasteiger partial charge in [0.15, 0.2) is 17.2 Å². The Kier molecular flexibility index (Phi) is 7.78. The van der Waals surface area contributed by atoms with Crippen molar-refractivity contribution >= 4 is 22.9 Å². The fourth-order valence-electron chi connectivity index (χ4n) is 3.67. The number of aromatic nitrogens is 4. The molecule has 0 saturated carbocycles. The first kappa shape index (κ1) is 25.5. The summed E-state index contributed by atoms with van der Waals surface area (Å²) in [6.45, 7) is 7.81. The molecular formula is C22H29N7O4S. The van der Waals surface area contributed by atoms with Gasteiger partial charge >= 0.3 is 5.97 Å². The van der Waals surface area contributed by atoms with Crippen molar-refractivity contribution in [1.29, 1.82) is 5.26 Å². The van der Waals surface area contributed by atoms with Crippen LogP contribution in [0.1, 0.15) is 52.1 Å². The monoisotopic (exact) mass is 487 g/mol. The summed E-state index contributed by atoms with van der Waals surface area (Å²) in [4.78, 5) is 16.3. The Hall–Kier alpha value is -3.17. The molecule has 0 aliphatic carbocycles. The van der Waals surface area contributed by atoms with E-state index in [0.29, 0.717) is 47.4 Å². The zero-order valence-electron chi connectivity index (χ0n) is 19.9. The second kappa shape index (κ2) is 10.4. The van der Waals surface area contributed by atoms with E-state index in [0.717, 1.165) is 0 Å². The molecule has 11 nitrogen and oxygen atoms in total. The highest BCUT2D eigenvalue weighted by Crippen LogP contribution is 2.49. The molecule has 3 rings (SSSR count). The minimum Gasteiger partial charge on any atom is -0.484 e. The quantitative estimate of drug-likeness (QED) is 0.196. The Morgan fingerprint density at radius 3 is 2.88 bits per heavy atom. The van der Waals surface area contributed by atoms with Gasteiger partial charge in [0.2, 0.25) is 0 Å². The van der Waals surface area contributed by atoms with Crippen LogP contribution >= 0.6 is 11.8 Å². The van der Waals surface area contributed by atoms with E-state index in [1.807, 2.05) is 18.3 Å². The topological polar surface area (TPSA) is 148 Å². The summed E-state index contributed by atoms with van der Waals surface area (Å²) < 4.78 is 12.7. The van der Waals surface area contributed by atoms with Gasteiger partial charge in [0.1, 0.15) is 23.0 Å². The van der Waals surface area contributed by atoms with Gasteiger partial charge in [0, 0.05) is 24.1 Å². The maximum atomic E-state index is 11.6. The summed E-state index contributed by atoms with van der Waals surface area (Å²) in [5, 5.41) is 35.5. The standard InChI is InChI=1S/C22H29N7O4S/c1-6-32-17(30)8-7-11-29-19(26-27-28-29)14-9-10-16-15(12-14)18(25-20(34-5)24-13-23)22(4,31)21(2,3)33-16/h9-10,12,18,31H,6-8,11H2,1-5H3,(H,24,25)/t18-,22+/m1/s1. The van der Waals surface area contributed by atoms with Gasteiger partial charge in [0.05, 0.1) is 6.61 Å². The maximum absolute atomic E-state index is 11.6. The van der Waals surface area contributed by atoms with Crippen LogP contribution in [0.15, 0.2) is 23.2 Å². The van der Waals surface area contributed by atoms with Crippen LogP contribution in [0.5, 0.6) is 5.75 Å². The lowest BCUT2D eigenvalue weighted by molar-refractivity contribution is -0.143. The van der Waals surface area contributed by atoms with Crippen molar-refractivity contribution in [1.82, 2.24) is 25.5 Å². The SMILES string of the molecule is CCOC(=O)CCCn1nnnc1-c1ccc2c(c1)[C@@H](N=C(NC#N)SC)[C@](C)(O)C(C)(C)O2. The van der Waals surface area contributed by atoms with Crippen LogP contribution in [0.25, 0.3) is 11.4 Å². The highest BCUT2D eigenvalue weighted by atomic mass is 32.2. The molecule has 1 aliphatic heterocycles. The predicted octanol–water partition coefficient (Wildman–Crippen LogP) is 2.44. The molecule has 2 atom stereocenters. The maximum Gasteiger partial charge on any atom is 0.305 e. The number of aliphatic imine (C=N–C) groups is 1. The van der Waals surface area contributed by atoms with Crippen molar-refractivity contribution in [2.24, 2.45) is 4.99 Å². The highest BCUT2D eigenvalue weighted by molar-refractivity contribution is 8.13. The Labute approximate surface area is 202 Å². The zero-order chi connectivity index (χ0) is 24.9. The summed E-state index contributed by atoms with van der Waals surface area (Å²) >= 11 is 1.27. The summed E-state index contributed by atoms with van der Waals surface area (Å²) in [7, 11) is 0. The number of carbonyl (C=O) groups excluding carboxylic acids is 1. The molecule has 0 fully saturated rings. The number of aryl methyl sites for hydroxylation is 1. The molecule has 0 unspecified atom stereocenters. The van der Waals surface area contributed by atoms with Gasteiger partial charge in [-0.2, -0.15) is 5.26 Å². The number of aliphatic hydroxyl groups is 1. The number of nitriles is 1. The Bertz CT molecular complexity index is 1110. The molecule has 0 radical (unpaired) electrons. The predicted molar refractivity (Wildman–Crippen MR) is 127 cm³/mol. The van der Waals surface area contributed by atoms with Crippen LogP contribution in [0.2, 0.25) is 0 Å². The third kappa shape index (κ3) is 5.15. The number of carbonyl (C=O) groups is 1. The van der Waals surface area contributed by atoms with Gasteiger partial charge in [0.25, 0.3) is 0 Å². The molecule has 2 heterocycles. The molecule has 1 aromatic carbocycles. The molecule has 2 aromatic rings. The van der Waals surface area contributed by atoms with E-state index in [1.54, 1.807) is 44.7 Å². The number of nitrogens with one attached hydrogen (secondary N) is 1. The van der Waals surface area contributed by atoms with Gasteiger partial charge in [-0.15, -0.1) is 5.10 Å². The first-order chi connectivity index (χ1) is 16.1. The molecular weight excluding hydrogens is 458 g/mol. The Balaban J connectivity index is 1.98. The first-order valence-corrected chi connectivity index (χ1v) is 12.1. The van der Waals surface area contributed by atoms with Gasteiger partial charge in [-0.3, -0.25) is 15.1 Å². The number of thioether (sulfide) groups is 1. The second-order valence-electron chi connectivity index (χ2n) is 8.42. The average Bonchev–Trinajstić information content (AvgIpc) is 3.24. The van der Waals surface area contributed by atoms with Crippen molar-refractivity contribution < 1.29 is 19.4 Å². The van der Waals surface area contributed by atoms with Crippen molar-refractivity contribution in [3.05, 3.63) is 23.8 Å². The van der Waals surface area contributed by atoms with Gasteiger partial charge in [-0.1, -0.05) is 11.8 Å². The molecule has 12 heteroatoms. The van der Waals surface area contributed by atoms with Gasteiger partial charge in [-0.25, -0.2) is 4.68 Å². The Morgan fingerprint density at radius 1 is 1.44 bits per heavy atom. The van der Waals surface area contributed by atoms with Crippen molar-refractivity contribution in [3.8, 4) is 23.3 Å². The zero-order valence-corrected chi connectivity index (χ0v) is 20.7. The largest absolute Gasteiger partial charge is 0.484 e. The number of esters is 1. The van der Waals surface area contributed by atoms with E-state index in [-0.39, 0.29) is 12.4 Å². The van der Waals surface area contributed by atoms with E-state index in [4.69, 9.17) is 14.7 Å². The summed E-state index contributed by atoms with van der Waals surface area (Å²) in [6, 6.07) is 4.76. The minimum absolute atomic E-state index is 0.260. The highest BCUT2D eigenvalue weighted by Gasteiger charge is 2.53. The summed E-state index contributed by atoms with van der Waals surface area (Å²) in [6.07, 6.45) is 4.47. The molecule has 0 amide bonds. The third-order valence-electron chi connectivity index (χ3n) is 5.87. The van der Waals surface area contributed by atoms with Crippen LogP contribution < -0.4 is 10.1 Å². The number of benzene rings is 1. The number of hydrogen-bond acceptors (Lipinski definition) is 10. The van der Waals surface area contributed by atoms with Crippen LogP contribution in [0.3, 0.4) is 0 Å². The number of nitrogens with zero attached hydrogens (tertiary/aromatic N) is 6.